The Morgan fingerprint density at radius 1 is 1.43 bits per heavy atom. The number of alkyl carbamates (subject to hydrolysis) is 1. The van der Waals surface area contributed by atoms with E-state index in [1.165, 1.54) is 5.56 Å². The Hall–Kier alpha value is -1.11. The van der Waals surface area contributed by atoms with Gasteiger partial charge in [0.1, 0.15) is 5.60 Å². The van der Waals surface area contributed by atoms with E-state index in [2.05, 4.69) is 38.3 Å². The van der Waals surface area contributed by atoms with Crippen molar-refractivity contribution in [2.45, 2.75) is 51.9 Å². The maximum atomic E-state index is 11.9. The molecule has 0 saturated carbocycles. The van der Waals surface area contributed by atoms with Crippen molar-refractivity contribution in [3.63, 3.8) is 0 Å². The molecule has 1 amide bonds. The van der Waals surface area contributed by atoms with Crippen molar-refractivity contribution in [3.8, 4) is 0 Å². The Balaban J connectivity index is 2.65. The molecule has 2 atom stereocenters. The van der Waals surface area contributed by atoms with Gasteiger partial charge in [-0.25, -0.2) is 4.79 Å². The van der Waals surface area contributed by atoms with Gasteiger partial charge in [0.25, 0.3) is 0 Å². The molecule has 5 nitrogen and oxygen atoms in total. The second-order valence-electron chi connectivity index (χ2n) is 6.78. The predicted octanol–water partition coefficient (Wildman–Crippen LogP) is 3.12. The highest BCUT2D eigenvalue weighted by Gasteiger charge is 2.24. The first-order valence-corrected chi connectivity index (χ1v) is 8.56. The summed E-state index contributed by atoms with van der Waals surface area (Å²) < 4.78 is 6.35. The Morgan fingerprint density at radius 2 is 2.09 bits per heavy atom. The van der Waals surface area contributed by atoms with Gasteiger partial charge in [-0.3, -0.25) is 4.90 Å². The maximum absolute atomic E-state index is 11.9. The molecule has 1 rings (SSSR count). The normalized spacial score (nSPS) is 14.4. The van der Waals surface area contributed by atoms with Crippen LogP contribution in [0.1, 0.15) is 33.3 Å². The Bertz CT molecular complexity index is 517. The Kier molecular flexibility index (Phi) is 7.51. The van der Waals surface area contributed by atoms with Gasteiger partial charge in [-0.15, -0.1) is 0 Å². The molecule has 0 aliphatic heterocycles. The lowest BCUT2D eigenvalue weighted by Gasteiger charge is -2.33. The van der Waals surface area contributed by atoms with Gasteiger partial charge in [0.2, 0.25) is 0 Å². The molecular formula is C17H28BrN3O2. The molecule has 23 heavy (non-hydrogen) atoms. The standard InChI is InChI=1S/C17H28BrN3O2/c1-12(20-16(22)23-17(2,3)4)15(10-19)21(5)11-13-7-6-8-14(18)9-13/h6-9,12,15H,10-11,19H2,1-5H3,(H,20,22). The molecule has 0 heterocycles. The van der Waals surface area contributed by atoms with Crippen LogP contribution in [0.15, 0.2) is 28.7 Å². The smallest absolute Gasteiger partial charge is 0.407 e. The summed E-state index contributed by atoms with van der Waals surface area (Å²) in [6.07, 6.45) is -0.417. The zero-order valence-corrected chi connectivity index (χ0v) is 16.2. The van der Waals surface area contributed by atoms with E-state index in [0.717, 1.165) is 11.0 Å². The third-order valence-corrected chi connectivity index (χ3v) is 3.94. The lowest BCUT2D eigenvalue weighted by Crippen LogP contribution is -2.53. The predicted molar refractivity (Wildman–Crippen MR) is 97.3 cm³/mol. The minimum atomic E-state index is -0.510. The first-order chi connectivity index (χ1) is 10.6. The van der Waals surface area contributed by atoms with Crippen LogP contribution < -0.4 is 11.1 Å². The summed E-state index contributed by atoms with van der Waals surface area (Å²) >= 11 is 3.48. The molecule has 0 fully saturated rings. The van der Waals surface area contributed by atoms with Crippen molar-refractivity contribution in [1.29, 1.82) is 0 Å². The number of hydrogen-bond acceptors (Lipinski definition) is 4. The second-order valence-corrected chi connectivity index (χ2v) is 7.70. The number of ether oxygens (including phenoxy) is 1. The molecule has 1 aromatic carbocycles. The van der Waals surface area contributed by atoms with E-state index in [4.69, 9.17) is 10.5 Å². The Morgan fingerprint density at radius 3 is 2.61 bits per heavy atom. The first-order valence-electron chi connectivity index (χ1n) is 7.76. The van der Waals surface area contributed by atoms with Gasteiger partial charge in [0, 0.05) is 29.6 Å². The van der Waals surface area contributed by atoms with Crippen LogP contribution >= 0.6 is 15.9 Å². The molecular weight excluding hydrogens is 358 g/mol. The number of benzene rings is 1. The zero-order chi connectivity index (χ0) is 17.6. The molecule has 0 spiro atoms. The van der Waals surface area contributed by atoms with E-state index in [1.807, 2.05) is 46.9 Å². The third kappa shape index (κ3) is 7.33. The average molecular weight is 386 g/mol. The van der Waals surface area contributed by atoms with Gasteiger partial charge >= 0.3 is 6.09 Å². The number of likely N-dealkylation sites (N-methyl/N-ethyl adjacent to an activating group) is 1. The number of carbonyl (C=O) groups excluding carboxylic acids is 1. The van der Waals surface area contributed by atoms with Crippen molar-refractivity contribution in [2.75, 3.05) is 13.6 Å². The molecule has 0 aliphatic rings. The average Bonchev–Trinajstić information content (AvgIpc) is 2.36. The van der Waals surface area contributed by atoms with Crippen LogP contribution in [-0.4, -0.2) is 42.3 Å². The molecule has 0 radical (unpaired) electrons. The van der Waals surface area contributed by atoms with Crippen LogP contribution in [0.25, 0.3) is 0 Å². The number of carbonyl (C=O) groups is 1. The van der Waals surface area contributed by atoms with Crippen molar-refractivity contribution >= 4 is 22.0 Å². The molecule has 2 unspecified atom stereocenters. The summed E-state index contributed by atoms with van der Waals surface area (Å²) in [6, 6.07) is 8.05. The number of hydrogen-bond donors (Lipinski definition) is 2. The Labute approximate surface area is 147 Å². The molecule has 3 N–H and O–H groups in total. The fourth-order valence-corrected chi connectivity index (χ4v) is 2.84. The SMILES string of the molecule is CC(NC(=O)OC(C)(C)C)C(CN)N(C)Cc1cccc(Br)c1. The van der Waals surface area contributed by atoms with Crippen molar-refractivity contribution in [1.82, 2.24) is 10.2 Å². The number of amides is 1. The highest BCUT2D eigenvalue weighted by atomic mass is 79.9. The fraction of sp³-hybridized carbons (Fsp3) is 0.588. The molecule has 0 aromatic heterocycles. The van der Waals surface area contributed by atoms with Gasteiger partial charge in [-0.05, 0) is 52.4 Å². The van der Waals surface area contributed by atoms with Gasteiger partial charge in [-0.2, -0.15) is 0 Å². The second kappa shape index (κ2) is 8.66. The molecule has 1 aromatic rings. The van der Waals surface area contributed by atoms with E-state index < -0.39 is 11.7 Å². The molecule has 6 heteroatoms. The molecule has 0 saturated heterocycles. The van der Waals surface area contributed by atoms with Crippen LogP contribution in [0.2, 0.25) is 0 Å². The van der Waals surface area contributed by atoms with Crippen LogP contribution in [0, 0.1) is 0 Å². The fourth-order valence-electron chi connectivity index (χ4n) is 2.40. The highest BCUT2D eigenvalue weighted by molar-refractivity contribution is 9.10. The highest BCUT2D eigenvalue weighted by Crippen LogP contribution is 2.15. The third-order valence-electron chi connectivity index (χ3n) is 3.45. The van der Waals surface area contributed by atoms with Gasteiger partial charge < -0.3 is 15.8 Å². The van der Waals surface area contributed by atoms with Crippen molar-refractivity contribution in [3.05, 3.63) is 34.3 Å². The number of nitrogens with one attached hydrogen (secondary N) is 1. The summed E-state index contributed by atoms with van der Waals surface area (Å²) in [4.78, 5) is 14.1. The largest absolute Gasteiger partial charge is 0.444 e. The number of halogens is 1. The van der Waals surface area contributed by atoms with Gasteiger partial charge in [0.05, 0.1) is 0 Å². The van der Waals surface area contributed by atoms with Crippen LogP contribution in [-0.2, 0) is 11.3 Å². The minimum Gasteiger partial charge on any atom is -0.444 e. The summed E-state index contributed by atoms with van der Waals surface area (Å²) in [5.41, 5.74) is 6.59. The van der Waals surface area contributed by atoms with E-state index >= 15 is 0 Å². The van der Waals surface area contributed by atoms with E-state index in [0.29, 0.717) is 6.54 Å². The summed E-state index contributed by atoms with van der Waals surface area (Å²) in [5, 5.41) is 2.87. The lowest BCUT2D eigenvalue weighted by atomic mass is 10.1. The first kappa shape index (κ1) is 19.9. The minimum absolute atomic E-state index is 0.0153. The van der Waals surface area contributed by atoms with Crippen LogP contribution in [0.5, 0.6) is 0 Å². The topological polar surface area (TPSA) is 67.6 Å². The molecule has 130 valence electrons. The zero-order valence-electron chi connectivity index (χ0n) is 14.6. The lowest BCUT2D eigenvalue weighted by molar-refractivity contribution is 0.0476. The monoisotopic (exact) mass is 385 g/mol. The van der Waals surface area contributed by atoms with Crippen molar-refractivity contribution < 1.29 is 9.53 Å². The molecule has 0 aliphatic carbocycles. The van der Waals surface area contributed by atoms with E-state index in [-0.39, 0.29) is 12.1 Å². The number of rotatable bonds is 6. The quantitative estimate of drug-likeness (QED) is 0.789. The number of nitrogens with two attached hydrogens (primary N) is 1. The molecule has 0 bridgehead atoms. The summed E-state index contributed by atoms with van der Waals surface area (Å²) in [5.74, 6) is 0. The van der Waals surface area contributed by atoms with E-state index in [1.54, 1.807) is 0 Å². The van der Waals surface area contributed by atoms with Gasteiger partial charge in [-0.1, -0.05) is 28.1 Å². The van der Waals surface area contributed by atoms with Gasteiger partial charge in [0.15, 0.2) is 0 Å². The summed E-state index contributed by atoms with van der Waals surface area (Å²) in [6.45, 7) is 8.67. The van der Waals surface area contributed by atoms with Crippen LogP contribution in [0.3, 0.4) is 0 Å². The summed E-state index contributed by atoms with van der Waals surface area (Å²) in [7, 11) is 2.01. The maximum Gasteiger partial charge on any atom is 0.407 e. The van der Waals surface area contributed by atoms with Crippen LogP contribution in [0.4, 0.5) is 4.79 Å². The van der Waals surface area contributed by atoms with Crippen molar-refractivity contribution in [2.24, 2.45) is 5.73 Å². The number of nitrogens with zero attached hydrogens (tertiary/aromatic N) is 1. The van der Waals surface area contributed by atoms with E-state index in [9.17, 15) is 4.79 Å².